The first-order valence-electron chi connectivity index (χ1n) is 5.18. The molecule has 0 amide bonds. The van der Waals surface area contributed by atoms with E-state index in [1.165, 1.54) is 0 Å². The first-order valence-corrected chi connectivity index (χ1v) is 5.18. The molecule has 2 aromatic heterocycles. The minimum absolute atomic E-state index is 0.454. The highest BCUT2D eigenvalue weighted by Crippen LogP contribution is 2.06. The average Bonchev–Trinajstić information content (AvgIpc) is 2.76. The second-order valence-corrected chi connectivity index (χ2v) is 3.49. The maximum Gasteiger partial charge on any atom is 0.140 e. The van der Waals surface area contributed by atoms with Crippen LogP contribution in [0.1, 0.15) is 24.0 Å². The number of rotatable bonds is 3. The van der Waals surface area contributed by atoms with E-state index in [9.17, 15) is 0 Å². The summed E-state index contributed by atoms with van der Waals surface area (Å²) in [5, 5.41) is 8.76. The summed E-state index contributed by atoms with van der Waals surface area (Å²) in [6.45, 7) is 2.81. The maximum absolute atomic E-state index is 8.76. The van der Waals surface area contributed by atoms with Crippen LogP contribution in [0.5, 0.6) is 0 Å². The first kappa shape index (κ1) is 10.4. The number of imidazole rings is 1. The fraction of sp³-hybridized carbons (Fsp3) is 0.250. The van der Waals surface area contributed by atoms with Gasteiger partial charge in [-0.3, -0.25) is 0 Å². The standard InChI is InChI=1S/C12H12N4/c1-2-12-15-5-6-16(12)9-10-3-4-14-11(7-10)8-13/h3-7H,2,9H2,1H3. The lowest BCUT2D eigenvalue weighted by Crippen LogP contribution is -2.03. The van der Waals surface area contributed by atoms with E-state index in [2.05, 4.69) is 21.5 Å². The van der Waals surface area contributed by atoms with Crippen molar-refractivity contribution in [2.45, 2.75) is 19.9 Å². The number of hydrogen-bond donors (Lipinski definition) is 0. The van der Waals surface area contributed by atoms with Gasteiger partial charge in [-0.15, -0.1) is 0 Å². The molecule has 0 fully saturated rings. The minimum Gasteiger partial charge on any atom is -0.331 e. The number of hydrogen-bond acceptors (Lipinski definition) is 3. The number of aromatic nitrogens is 3. The van der Waals surface area contributed by atoms with Crippen molar-refractivity contribution in [3.63, 3.8) is 0 Å². The van der Waals surface area contributed by atoms with Gasteiger partial charge in [0.1, 0.15) is 17.6 Å². The predicted octanol–water partition coefficient (Wildman–Crippen LogP) is 1.76. The molecule has 0 bridgehead atoms. The predicted molar refractivity (Wildman–Crippen MR) is 59.7 cm³/mol. The summed E-state index contributed by atoms with van der Waals surface area (Å²) in [7, 11) is 0. The van der Waals surface area contributed by atoms with Crippen LogP contribution in [0.15, 0.2) is 30.7 Å². The lowest BCUT2D eigenvalue weighted by Gasteiger charge is -2.06. The summed E-state index contributed by atoms with van der Waals surface area (Å²) >= 11 is 0. The molecule has 0 atom stereocenters. The van der Waals surface area contributed by atoms with E-state index in [0.29, 0.717) is 5.69 Å². The van der Waals surface area contributed by atoms with E-state index in [1.807, 2.05) is 18.3 Å². The van der Waals surface area contributed by atoms with Crippen molar-refractivity contribution in [2.75, 3.05) is 0 Å². The summed E-state index contributed by atoms with van der Waals surface area (Å²) in [6, 6.07) is 5.76. The second-order valence-electron chi connectivity index (χ2n) is 3.49. The van der Waals surface area contributed by atoms with Gasteiger partial charge in [0.15, 0.2) is 0 Å². The Balaban J connectivity index is 2.24. The van der Waals surface area contributed by atoms with Crippen LogP contribution in [-0.2, 0) is 13.0 Å². The lowest BCUT2D eigenvalue weighted by molar-refractivity contribution is 0.731. The zero-order chi connectivity index (χ0) is 11.4. The molecule has 2 heterocycles. The van der Waals surface area contributed by atoms with Gasteiger partial charge in [-0.25, -0.2) is 9.97 Å². The van der Waals surface area contributed by atoms with Crippen LogP contribution >= 0.6 is 0 Å². The van der Waals surface area contributed by atoms with Gasteiger partial charge in [0.05, 0.1) is 0 Å². The zero-order valence-electron chi connectivity index (χ0n) is 9.09. The quantitative estimate of drug-likeness (QED) is 0.779. The van der Waals surface area contributed by atoms with Crippen LogP contribution in [-0.4, -0.2) is 14.5 Å². The molecule has 0 unspecified atom stereocenters. The van der Waals surface area contributed by atoms with Crippen molar-refractivity contribution in [1.29, 1.82) is 5.26 Å². The second kappa shape index (κ2) is 4.58. The van der Waals surface area contributed by atoms with E-state index in [4.69, 9.17) is 5.26 Å². The van der Waals surface area contributed by atoms with Crippen molar-refractivity contribution in [3.8, 4) is 6.07 Å². The van der Waals surface area contributed by atoms with E-state index in [-0.39, 0.29) is 0 Å². The van der Waals surface area contributed by atoms with Crippen molar-refractivity contribution >= 4 is 0 Å². The molecule has 0 N–H and O–H groups in total. The van der Waals surface area contributed by atoms with Crippen molar-refractivity contribution in [1.82, 2.24) is 14.5 Å². The van der Waals surface area contributed by atoms with Crippen LogP contribution in [0.3, 0.4) is 0 Å². The van der Waals surface area contributed by atoms with Crippen LogP contribution < -0.4 is 0 Å². The summed E-state index contributed by atoms with van der Waals surface area (Å²) < 4.78 is 2.08. The fourth-order valence-corrected chi connectivity index (χ4v) is 1.63. The minimum atomic E-state index is 0.454. The molecule has 0 aliphatic carbocycles. The van der Waals surface area contributed by atoms with Crippen LogP contribution in [0.4, 0.5) is 0 Å². The third-order valence-corrected chi connectivity index (χ3v) is 2.41. The maximum atomic E-state index is 8.76. The Labute approximate surface area is 94.2 Å². The monoisotopic (exact) mass is 212 g/mol. The van der Waals surface area contributed by atoms with Gasteiger partial charge in [-0.2, -0.15) is 5.26 Å². The van der Waals surface area contributed by atoms with Crippen molar-refractivity contribution in [3.05, 3.63) is 47.8 Å². The van der Waals surface area contributed by atoms with Crippen molar-refractivity contribution in [2.24, 2.45) is 0 Å². The molecular formula is C12H12N4. The van der Waals surface area contributed by atoms with Crippen molar-refractivity contribution < 1.29 is 0 Å². The average molecular weight is 212 g/mol. The largest absolute Gasteiger partial charge is 0.331 e. The molecule has 16 heavy (non-hydrogen) atoms. The molecule has 2 aromatic rings. The van der Waals surface area contributed by atoms with E-state index >= 15 is 0 Å². The molecule has 4 nitrogen and oxygen atoms in total. The van der Waals surface area contributed by atoms with E-state index < -0.39 is 0 Å². The molecule has 0 saturated carbocycles. The lowest BCUT2D eigenvalue weighted by atomic mass is 10.2. The molecule has 4 heteroatoms. The number of nitriles is 1. The SMILES string of the molecule is CCc1nccn1Cc1ccnc(C#N)c1. The third-order valence-electron chi connectivity index (χ3n) is 2.41. The van der Waals surface area contributed by atoms with Gasteiger partial charge < -0.3 is 4.57 Å². The van der Waals surface area contributed by atoms with Gasteiger partial charge in [-0.1, -0.05) is 6.92 Å². The third kappa shape index (κ3) is 2.09. The Kier molecular flexibility index (Phi) is 2.97. The Morgan fingerprint density at radius 1 is 1.38 bits per heavy atom. The molecule has 0 radical (unpaired) electrons. The molecule has 0 aliphatic heterocycles. The summed E-state index contributed by atoms with van der Waals surface area (Å²) in [6.07, 6.45) is 6.32. The molecule has 80 valence electrons. The molecule has 2 rings (SSSR count). The van der Waals surface area contributed by atoms with Gasteiger partial charge in [-0.05, 0) is 17.7 Å². The topological polar surface area (TPSA) is 54.5 Å². The van der Waals surface area contributed by atoms with E-state index in [1.54, 1.807) is 18.5 Å². The van der Waals surface area contributed by atoms with Crippen LogP contribution in [0.2, 0.25) is 0 Å². The smallest absolute Gasteiger partial charge is 0.140 e. The highest BCUT2D eigenvalue weighted by Gasteiger charge is 2.02. The summed E-state index contributed by atoms with van der Waals surface area (Å²) in [5.74, 6) is 1.05. The van der Waals surface area contributed by atoms with Gasteiger partial charge in [0, 0.05) is 31.6 Å². The summed E-state index contributed by atoms with van der Waals surface area (Å²) in [5.41, 5.74) is 1.52. The summed E-state index contributed by atoms with van der Waals surface area (Å²) in [4.78, 5) is 8.20. The molecule has 0 spiro atoms. The van der Waals surface area contributed by atoms with Crippen LogP contribution in [0, 0.1) is 11.3 Å². The fourth-order valence-electron chi connectivity index (χ4n) is 1.63. The number of nitrogens with zero attached hydrogens (tertiary/aromatic N) is 4. The number of aryl methyl sites for hydroxylation is 1. The molecule has 0 aromatic carbocycles. The molecular weight excluding hydrogens is 200 g/mol. The Hall–Kier alpha value is -2.15. The zero-order valence-corrected chi connectivity index (χ0v) is 9.09. The first-order chi connectivity index (χ1) is 7.83. The van der Waals surface area contributed by atoms with E-state index in [0.717, 1.165) is 24.4 Å². The number of pyridine rings is 1. The van der Waals surface area contributed by atoms with Gasteiger partial charge >= 0.3 is 0 Å². The Morgan fingerprint density at radius 2 is 2.25 bits per heavy atom. The van der Waals surface area contributed by atoms with Gasteiger partial charge in [0.25, 0.3) is 0 Å². The highest BCUT2D eigenvalue weighted by molar-refractivity contribution is 5.25. The van der Waals surface area contributed by atoms with Crippen LogP contribution in [0.25, 0.3) is 0 Å². The Bertz CT molecular complexity index is 522. The molecule has 0 aliphatic rings. The Morgan fingerprint density at radius 3 is 3.00 bits per heavy atom. The van der Waals surface area contributed by atoms with Gasteiger partial charge in [0.2, 0.25) is 0 Å². The highest BCUT2D eigenvalue weighted by atomic mass is 15.1. The molecule has 0 saturated heterocycles. The normalized spacial score (nSPS) is 10.0.